The van der Waals surface area contributed by atoms with Gasteiger partial charge in [0.2, 0.25) is 0 Å². The fourth-order valence-corrected chi connectivity index (χ4v) is 2.27. The van der Waals surface area contributed by atoms with Gasteiger partial charge in [-0.3, -0.25) is 9.58 Å². The van der Waals surface area contributed by atoms with Crippen molar-refractivity contribution < 1.29 is 9.53 Å². The van der Waals surface area contributed by atoms with Gasteiger partial charge in [0, 0.05) is 18.7 Å². The molecule has 1 amide bonds. The van der Waals surface area contributed by atoms with E-state index in [0.717, 1.165) is 23.5 Å². The lowest BCUT2D eigenvalue weighted by Gasteiger charge is -2.24. The second kappa shape index (κ2) is 4.85. The summed E-state index contributed by atoms with van der Waals surface area (Å²) in [7, 11) is 0. The molecule has 2 heterocycles. The molecule has 0 atom stereocenters. The normalized spacial score (nSPS) is 14.7. The number of carbonyl (C=O) groups is 1. The van der Waals surface area contributed by atoms with E-state index in [-0.39, 0.29) is 6.09 Å². The highest BCUT2D eigenvalue weighted by Gasteiger charge is 2.32. The lowest BCUT2D eigenvalue weighted by Crippen LogP contribution is -2.33. The lowest BCUT2D eigenvalue weighted by atomic mass is 10.2. The molecule has 0 spiro atoms. The van der Waals surface area contributed by atoms with Crippen LogP contribution < -0.4 is 5.73 Å². The molecule has 0 saturated carbocycles. The highest BCUT2D eigenvalue weighted by Crippen LogP contribution is 2.26. The summed E-state index contributed by atoms with van der Waals surface area (Å²) in [4.78, 5) is 13.7. The molecule has 6 heteroatoms. The molecule has 6 nitrogen and oxygen atoms in total. The standard InChI is InChI=1S/C13H22N4O2/c1-5-17-11(6-14)9-7-16(8-10(9)15-17)12(18)19-13(2,3)4/h5-8,14H2,1-4H3. The second-order valence-electron chi connectivity index (χ2n) is 5.73. The van der Waals surface area contributed by atoms with Crippen molar-refractivity contribution in [2.75, 3.05) is 0 Å². The zero-order chi connectivity index (χ0) is 14.2. The third-order valence-corrected chi connectivity index (χ3v) is 3.08. The van der Waals surface area contributed by atoms with Crippen molar-refractivity contribution in [1.82, 2.24) is 14.7 Å². The summed E-state index contributed by atoms with van der Waals surface area (Å²) in [6.45, 7) is 9.91. The van der Waals surface area contributed by atoms with E-state index in [1.807, 2.05) is 32.4 Å². The molecule has 0 aromatic carbocycles. The molecule has 0 fully saturated rings. The van der Waals surface area contributed by atoms with Gasteiger partial charge < -0.3 is 10.5 Å². The molecule has 2 N–H and O–H groups in total. The maximum absolute atomic E-state index is 12.0. The van der Waals surface area contributed by atoms with Crippen LogP contribution in [0.3, 0.4) is 0 Å². The summed E-state index contributed by atoms with van der Waals surface area (Å²) in [5, 5.41) is 4.50. The molecule has 1 aromatic rings. The number of rotatable bonds is 2. The predicted molar refractivity (Wildman–Crippen MR) is 71.3 cm³/mol. The molecule has 19 heavy (non-hydrogen) atoms. The van der Waals surface area contributed by atoms with E-state index in [2.05, 4.69) is 5.10 Å². The first-order valence-corrected chi connectivity index (χ1v) is 6.61. The SMILES string of the molecule is CCn1nc2c(c1CN)CN(C(=O)OC(C)(C)C)C2. The summed E-state index contributed by atoms with van der Waals surface area (Å²) in [6, 6.07) is 0. The molecule has 0 bridgehead atoms. The van der Waals surface area contributed by atoms with E-state index in [1.54, 1.807) is 4.90 Å². The Morgan fingerprint density at radius 2 is 2.11 bits per heavy atom. The summed E-state index contributed by atoms with van der Waals surface area (Å²) in [5.74, 6) is 0. The number of nitrogens with zero attached hydrogens (tertiary/aromatic N) is 3. The Bertz CT molecular complexity index is 488. The Morgan fingerprint density at radius 3 is 2.63 bits per heavy atom. The van der Waals surface area contributed by atoms with Crippen LogP contribution in [0.25, 0.3) is 0 Å². The first-order valence-electron chi connectivity index (χ1n) is 6.61. The van der Waals surface area contributed by atoms with Crippen LogP contribution >= 0.6 is 0 Å². The van der Waals surface area contributed by atoms with Crippen LogP contribution in [0.5, 0.6) is 0 Å². The molecule has 1 aliphatic rings. The minimum absolute atomic E-state index is 0.295. The van der Waals surface area contributed by atoms with Gasteiger partial charge in [-0.25, -0.2) is 4.79 Å². The Balaban J connectivity index is 2.13. The highest BCUT2D eigenvalue weighted by atomic mass is 16.6. The number of ether oxygens (including phenoxy) is 1. The first-order chi connectivity index (χ1) is 8.85. The van der Waals surface area contributed by atoms with Crippen LogP contribution in [0.4, 0.5) is 4.79 Å². The topological polar surface area (TPSA) is 73.4 Å². The van der Waals surface area contributed by atoms with Gasteiger partial charge in [-0.1, -0.05) is 0 Å². The number of aryl methyl sites for hydroxylation is 1. The third kappa shape index (κ3) is 2.73. The van der Waals surface area contributed by atoms with E-state index in [4.69, 9.17) is 10.5 Å². The van der Waals surface area contributed by atoms with Crippen molar-refractivity contribution in [3.8, 4) is 0 Å². The number of nitrogens with two attached hydrogens (primary N) is 1. The van der Waals surface area contributed by atoms with Gasteiger partial charge in [0.25, 0.3) is 0 Å². The van der Waals surface area contributed by atoms with Gasteiger partial charge in [-0.2, -0.15) is 5.10 Å². The maximum Gasteiger partial charge on any atom is 0.410 e. The molecule has 0 unspecified atom stereocenters. The van der Waals surface area contributed by atoms with Gasteiger partial charge in [0.15, 0.2) is 0 Å². The second-order valence-corrected chi connectivity index (χ2v) is 5.73. The van der Waals surface area contributed by atoms with Crippen molar-refractivity contribution in [1.29, 1.82) is 0 Å². The molecule has 106 valence electrons. The molecule has 0 radical (unpaired) electrons. The van der Waals surface area contributed by atoms with E-state index in [0.29, 0.717) is 19.6 Å². The van der Waals surface area contributed by atoms with E-state index in [1.165, 1.54) is 0 Å². The molecule has 1 aliphatic heterocycles. The van der Waals surface area contributed by atoms with Crippen LogP contribution in [0, 0.1) is 0 Å². The number of hydrogen-bond donors (Lipinski definition) is 1. The molecular weight excluding hydrogens is 244 g/mol. The molecule has 2 rings (SSSR count). The number of amides is 1. The van der Waals surface area contributed by atoms with Crippen LogP contribution in [0.1, 0.15) is 44.6 Å². The Hall–Kier alpha value is -1.56. The fourth-order valence-electron chi connectivity index (χ4n) is 2.27. The minimum Gasteiger partial charge on any atom is -0.444 e. The molecule has 0 aliphatic carbocycles. The van der Waals surface area contributed by atoms with Crippen molar-refractivity contribution >= 4 is 6.09 Å². The summed E-state index contributed by atoms with van der Waals surface area (Å²) in [5.41, 5.74) is 8.33. The first kappa shape index (κ1) is 13.9. The average molecular weight is 266 g/mol. The smallest absolute Gasteiger partial charge is 0.410 e. The molecular formula is C13H22N4O2. The molecule has 0 saturated heterocycles. The summed E-state index contributed by atoms with van der Waals surface area (Å²) < 4.78 is 7.29. The van der Waals surface area contributed by atoms with E-state index < -0.39 is 5.60 Å². The Morgan fingerprint density at radius 1 is 1.42 bits per heavy atom. The van der Waals surface area contributed by atoms with Crippen molar-refractivity contribution in [3.05, 3.63) is 17.0 Å². The quantitative estimate of drug-likeness (QED) is 0.882. The zero-order valence-corrected chi connectivity index (χ0v) is 12.1. The van der Waals surface area contributed by atoms with Crippen molar-refractivity contribution in [3.63, 3.8) is 0 Å². The van der Waals surface area contributed by atoms with E-state index >= 15 is 0 Å². The minimum atomic E-state index is -0.475. The molecule has 1 aromatic heterocycles. The number of hydrogen-bond acceptors (Lipinski definition) is 4. The third-order valence-electron chi connectivity index (χ3n) is 3.08. The van der Waals surface area contributed by atoms with Gasteiger partial charge in [0.05, 0.1) is 24.5 Å². The maximum atomic E-state index is 12.0. The monoisotopic (exact) mass is 266 g/mol. The van der Waals surface area contributed by atoms with Crippen molar-refractivity contribution in [2.24, 2.45) is 5.73 Å². The van der Waals surface area contributed by atoms with Crippen LogP contribution in [-0.4, -0.2) is 26.4 Å². The average Bonchev–Trinajstić information content (AvgIpc) is 2.82. The van der Waals surface area contributed by atoms with E-state index in [9.17, 15) is 4.79 Å². The fraction of sp³-hybridized carbons (Fsp3) is 0.692. The van der Waals surface area contributed by atoms with Gasteiger partial charge in [-0.05, 0) is 27.7 Å². The Labute approximate surface area is 113 Å². The summed E-state index contributed by atoms with van der Waals surface area (Å²) >= 11 is 0. The van der Waals surface area contributed by atoms with Crippen LogP contribution in [0.15, 0.2) is 0 Å². The number of aromatic nitrogens is 2. The Kier molecular flexibility index (Phi) is 3.54. The van der Waals surface area contributed by atoms with Crippen molar-refractivity contribution in [2.45, 2.75) is 59.5 Å². The van der Waals surface area contributed by atoms with Gasteiger partial charge in [-0.15, -0.1) is 0 Å². The zero-order valence-electron chi connectivity index (χ0n) is 12.1. The summed E-state index contributed by atoms with van der Waals surface area (Å²) in [6.07, 6.45) is -0.295. The largest absolute Gasteiger partial charge is 0.444 e. The highest BCUT2D eigenvalue weighted by molar-refractivity contribution is 5.69. The van der Waals surface area contributed by atoms with Crippen LogP contribution in [-0.2, 0) is 30.9 Å². The number of carbonyl (C=O) groups excluding carboxylic acids is 1. The lowest BCUT2D eigenvalue weighted by molar-refractivity contribution is 0.0238. The van der Waals surface area contributed by atoms with Gasteiger partial charge in [0.1, 0.15) is 5.60 Å². The van der Waals surface area contributed by atoms with Gasteiger partial charge >= 0.3 is 6.09 Å². The number of fused-ring (bicyclic) bond motifs is 1. The predicted octanol–water partition coefficient (Wildman–Crippen LogP) is 1.61. The van der Waals surface area contributed by atoms with Crippen LogP contribution in [0.2, 0.25) is 0 Å².